The Hall–Kier alpha value is -2.05. The predicted molar refractivity (Wildman–Crippen MR) is 104 cm³/mol. The Morgan fingerprint density at radius 3 is 2.85 bits per heavy atom. The number of benzene rings is 1. The van der Waals surface area contributed by atoms with E-state index >= 15 is 0 Å². The third-order valence-corrected chi connectivity index (χ3v) is 5.26. The van der Waals surface area contributed by atoms with E-state index in [-0.39, 0.29) is 11.9 Å². The van der Waals surface area contributed by atoms with Gasteiger partial charge in [0.1, 0.15) is 18.1 Å². The van der Waals surface area contributed by atoms with Crippen molar-refractivity contribution in [3.8, 4) is 5.75 Å². The second kappa shape index (κ2) is 9.24. The number of likely N-dealkylation sites (tertiary alicyclic amines) is 1. The quantitative estimate of drug-likeness (QED) is 0.781. The molecule has 2 aromatic rings. The van der Waals surface area contributed by atoms with E-state index in [1.165, 1.54) is 0 Å². The molecule has 1 aliphatic heterocycles. The average molecular weight is 392 g/mol. The first kappa shape index (κ1) is 19.7. The fraction of sp³-hybridized carbons (Fsp3) is 0.500. The van der Waals surface area contributed by atoms with Gasteiger partial charge in [-0.2, -0.15) is 0 Å². The van der Waals surface area contributed by atoms with Gasteiger partial charge in [-0.1, -0.05) is 30.1 Å². The fourth-order valence-corrected chi connectivity index (χ4v) is 3.58. The van der Waals surface area contributed by atoms with Crippen molar-refractivity contribution in [2.45, 2.75) is 32.7 Å². The molecule has 1 amide bonds. The third-order valence-electron chi connectivity index (χ3n) is 5.01. The fourth-order valence-electron chi connectivity index (χ4n) is 3.45. The zero-order valence-electron chi connectivity index (χ0n) is 15.8. The van der Waals surface area contributed by atoms with E-state index in [1.807, 2.05) is 24.3 Å². The highest BCUT2D eigenvalue weighted by molar-refractivity contribution is 6.30. The Morgan fingerprint density at radius 1 is 1.41 bits per heavy atom. The largest absolute Gasteiger partial charge is 0.492 e. The van der Waals surface area contributed by atoms with Crippen LogP contribution in [0.25, 0.3) is 0 Å². The summed E-state index contributed by atoms with van der Waals surface area (Å²) in [5.41, 5.74) is 0.348. The van der Waals surface area contributed by atoms with E-state index in [2.05, 4.69) is 22.3 Å². The smallest absolute Gasteiger partial charge is 0.273 e. The van der Waals surface area contributed by atoms with Gasteiger partial charge in [-0.3, -0.25) is 9.69 Å². The highest BCUT2D eigenvalue weighted by Crippen LogP contribution is 2.21. The lowest BCUT2D eigenvalue weighted by Crippen LogP contribution is -2.51. The number of piperidine rings is 1. The molecule has 0 saturated carbocycles. The minimum Gasteiger partial charge on any atom is -0.492 e. The van der Waals surface area contributed by atoms with E-state index in [4.69, 9.17) is 20.9 Å². The number of hydrogen-bond donors (Lipinski definition) is 1. The molecule has 1 fully saturated rings. The molecule has 146 valence electrons. The Labute approximate surface area is 164 Å². The highest BCUT2D eigenvalue weighted by Gasteiger charge is 2.29. The number of amides is 1. The third kappa shape index (κ3) is 5.47. The first-order valence-electron chi connectivity index (χ1n) is 9.40. The summed E-state index contributed by atoms with van der Waals surface area (Å²) >= 11 is 5.89. The normalized spacial score (nSPS) is 20.4. The van der Waals surface area contributed by atoms with Crippen LogP contribution in [0.3, 0.4) is 0 Å². The molecular weight excluding hydrogens is 366 g/mol. The molecule has 1 aliphatic rings. The van der Waals surface area contributed by atoms with Crippen LogP contribution in [0.15, 0.2) is 34.9 Å². The minimum atomic E-state index is -0.158. The van der Waals surface area contributed by atoms with Gasteiger partial charge >= 0.3 is 0 Å². The molecule has 1 aromatic heterocycles. The SMILES string of the molecule is CC[C@@H]1CN(CCOc2ccc(Cl)cc2)CC[C@@H]1NC(=O)c1cc(C)on1. The molecule has 27 heavy (non-hydrogen) atoms. The van der Waals surface area contributed by atoms with Crippen molar-refractivity contribution in [2.24, 2.45) is 5.92 Å². The second-order valence-corrected chi connectivity index (χ2v) is 7.40. The maximum Gasteiger partial charge on any atom is 0.273 e. The molecule has 0 radical (unpaired) electrons. The van der Waals surface area contributed by atoms with Crippen LogP contribution in [0.1, 0.15) is 36.0 Å². The Balaban J connectivity index is 1.46. The molecule has 0 bridgehead atoms. The molecule has 2 heterocycles. The van der Waals surface area contributed by atoms with Gasteiger partial charge in [-0.25, -0.2) is 0 Å². The number of aromatic nitrogens is 1. The van der Waals surface area contributed by atoms with E-state index in [0.717, 1.165) is 38.2 Å². The van der Waals surface area contributed by atoms with E-state index < -0.39 is 0 Å². The van der Waals surface area contributed by atoms with Gasteiger partial charge in [-0.05, 0) is 43.5 Å². The molecule has 1 aromatic carbocycles. The lowest BCUT2D eigenvalue weighted by molar-refractivity contribution is 0.0819. The molecular formula is C20H26ClN3O3. The molecule has 2 atom stereocenters. The molecule has 1 N–H and O–H groups in total. The van der Waals surface area contributed by atoms with Crippen LogP contribution in [0.5, 0.6) is 5.75 Å². The van der Waals surface area contributed by atoms with Crippen LogP contribution in [-0.4, -0.2) is 48.2 Å². The summed E-state index contributed by atoms with van der Waals surface area (Å²) in [5.74, 6) is 1.72. The molecule has 6 nitrogen and oxygen atoms in total. The molecule has 3 rings (SSSR count). The summed E-state index contributed by atoms with van der Waals surface area (Å²) in [6.07, 6.45) is 1.93. The predicted octanol–water partition coefficient (Wildman–Crippen LogP) is 3.55. The van der Waals surface area contributed by atoms with Crippen molar-refractivity contribution in [2.75, 3.05) is 26.2 Å². The first-order valence-corrected chi connectivity index (χ1v) is 9.78. The monoisotopic (exact) mass is 391 g/mol. The number of carbonyl (C=O) groups excluding carboxylic acids is 1. The van der Waals surface area contributed by atoms with Gasteiger partial charge in [0.15, 0.2) is 5.69 Å². The number of aryl methyl sites for hydroxylation is 1. The minimum absolute atomic E-state index is 0.158. The summed E-state index contributed by atoms with van der Waals surface area (Å²) in [5, 5.41) is 7.63. The first-order chi connectivity index (χ1) is 13.0. The van der Waals surface area contributed by atoms with Gasteiger partial charge in [0.05, 0.1) is 0 Å². The van der Waals surface area contributed by atoms with E-state index in [9.17, 15) is 4.79 Å². The lowest BCUT2D eigenvalue weighted by Gasteiger charge is -2.38. The van der Waals surface area contributed by atoms with Crippen LogP contribution in [0.4, 0.5) is 0 Å². The zero-order chi connectivity index (χ0) is 19.2. The topological polar surface area (TPSA) is 67.6 Å². The molecule has 7 heteroatoms. The Bertz CT molecular complexity index is 747. The van der Waals surface area contributed by atoms with Crippen molar-refractivity contribution in [3.63, 3.8) is 0 Å². The van der Waals surface area contributed by atoms with Crippen molar-refractivity contribution >= 4 is 17.5 Å². The number of nitrogens with zero attached hydrogens (tertiary/aromatic N) is 2. The summed E-state index contributed by atoms with van der Waals surface area (Å²) in [6, 6.07) is 9.24. The van der Waals surface area contributed by atoms with Crippen molar-refractivity contribution in [3.05, 3.63) is 46.8 Å². The molecule has 1 saturated heterocycles. The van der Waals surface area contributed by atoms with Gasteiger partial charge in [0.2, 0.25) is 0 Å². The number of hydrogen-bond acceptors (Lipinski definition) is 5. The Kier molecular flexibility index (Phi) is 6.74. The number of halogens is 1. The van der Waals surface area contributed by atoms with Crippen LogP contribution in [0, 0.1) is 12.8 Å². The van der Waals surface area contributed by atoms with Crippen LogP contribution >= 0.6 is 11.6 Å². The van der Waals surface area contributed by atoms with Crippen LogP contribution < -0.4 is 10.1 Å². The summed E-state index contributed by atoms with van der Waals surface area (Å²) in [7, 11) is 0. The lowest BCUT2D eigenvalue weighted by atomic mass is 9.89. The van der Waals surface area contributed by atoms with Crippen LogP contribution in [0.2, 0.25) is 5.02 Å². The molecule has 0 unspecified atom stereocenters. The average Bonchev–Trinajstić information content (AvgIpc) is 3.11. The van der Waals surface area contributed by atoms with Gasteiger partial charge < -0.3 is 14.6 Å². The number of carbonyl (C=O) groups is 1. The van der Waals surface area contributed by atoms with Crippen molar-refractivity contribution in [1.29, 1.82) is 0 Å². The maximum absolute atomic E-state index is 12.3. The van der Waals surface area contributed by atoms with Gasteiger partial charge in [0.25, 0.3) is 5.91 Å². The van der Waals surface area contributed by atoms with Crippen molar-refractivity contribution < 1.29 is 14.1 Å². The molecule has 0 aliphatic carbocycles. The number of nitrogens with one attached hydrogen (secondary N) is 1. The second-order valence-electron chi connectivity index (χ2n) is 6.96. The van der Waals surface area contributed by atoms with Crippen molar-refractivity contribution in [1.82, 2.24) is 15.4 Å². The van der Waals surface area contributed by atoms with Crippen LogP contribution in [-0.2, 0) is 0 Å². The number of ether oxygens (including phenoxy) is 1. The zero-order valence-corrected chi connectivity index (χ0v) is 16.5. The summed E-state index contributed by atoms with van der Waals surface area (Å²) in [4.78, 5) is 14.7. The van der Waals surface area contributed by atoms with E-state index in [0.29, 0.717) is 29.0 Å². The summed E-state index contributed by atoms with van der Waals surface area (Å²) < 4.78 is 10.8. The van der Waals surface area contributed by atoms with Gasteiger partial charge in [0, 0.05) is 36.8 Å². The standard InChI is InChI=1S/C20H26ClN3O3/c1-3-15-13-24(10-11-26-17-6-4-16(21)5-7-17)9-8-18(15)22-20(25)19-12-14(2)27-23-19/h4-7,12,15,18H,3,8-11,13H2,1-2H3,(H,22,25)/t15-,18+/m1/s1. The Morgan fingerprint density at radius 2 is 2.19 bits per heavy atom. The van der Waals surface area contributed by atoms with Gasteiger partial charge in [-0.15, -0.1) is 0 Å². The molecule has 0 spiro atoms. The van der Waals surface area contributed by atoms with E-state index in [1.54, 1.807) is 13.0 Å². The highest BCUT2D eigenvalue weighted by atomic mass is 35.5. The maximum atomic E-state index is 12.3. The summed E-state index contributed by atoms with van der Waals surface area (Å²) in [6.45, 7) is 7.32. The number of rotatable bonds is 7.